The topological polar surface area (TPSA) is 297 Å². The maximum atomic E-state index is 15.2. The Hall–Kier alpha value is -4.84. The zero-order valence-corrected chi connectivity index (χ0v) is 42.1. The Morgan fingerprint density at radius 3 is 2.03 bits per heavy atom. The van der Waals surface area contributed by atoms with E-state index in [-0.39, 0.29) is 62.0 Å². The van der Waals surface area contributed by atoms with Crippen molar-refractivity contribution in [3.8, 4) is 0 Å². The van der Waals surface area contributed by atoms with Gasteiger partial charge in [0.1, 0.15) is 36.3 Å². The number of ketones is 1. The lowest BCUT2D eigenvalue weighted by Crippen LogP contribution is -2.71. The van der Waals surface area contributed by atoms with Gasteiger partial charge in [-0.25, -0.2) is 20.7 Å². The number of amides is 6. The van der Waals surface area contributed by atoms with Crippen molar-refractivity contribution < 1.29 is 68.4 Å². The molecule has 4 saturated heterocycles. The number of aliphatic hydroxyl groups excluding tert-OH is 1. The Kier molecular flexibility index (Phi) is 19.2. The van der Waals surface area contributed by atoms with E-state index in [2.05, 4.69) is 21.5 Å². The first kappa shape index (κ1) is 56.7. The maximum absolute atomic E-state index is 15.2. The van der Waals surface area contributed by atoms with E-state index in [9.17, 15) is 54.1 Å². The second-order valence-electron chi connectivity index (χ2n) is 19.4. The fourth-order valence-corrected chi connectivity index (χ4v) is 9.32. The first-order chi connectivity index (χ1) is 32.2. The molecule has 0 aromatic carbocycles. The molecule has 3 unspecified atom stereocenters. The average Bonchev–Trinajstić information content (AvgIpc) is 3.33. The maximum Gasteiger partial charge on any atom is 0.331 e. The third-order valence-electron chi connectivity index (χ3n) is 14.1. The number of hydroxylamine groups is 2. The highest BCUT2D eigenvalue weighted by molar-refractivity contribution is 5.98. The van der Waals surface area contributed by atoms with Crippen molar-refractivity contribution >= 4 is 47.2 Å². The number of likely N-dealkylation sites (N-methyl/N-ethyl adjacent to an activating group) is 1. The van der Waals surface area contributed by atoms with E-state index < -0.39 is 126 Å². The van der Waals surface area contributed by atoms with E-state index >= 15 is 4.79 Å². The van der Waals surface area contributed by atoms with Crippen LogP contribution in [0.15, 0.2) is 23.3 Å². The summed E-state index contributed by atoms with van der Waals surface area (Å²) in [5.74, 6) is -11.7. The Labute approximate surface area is 404 Å². The van der Waals surface area contributed by atoms with Gasteiger partial charge in [0.25, 0.3) is 23.6 Å². The zero-order chi connectivity index (χ0) is 52.0. The lowest BCUT2D eigenvalue weighted by Gasteiger charge is -2.49. The number of hydrazine groups is 2. The van der Waals surface area contributed by atoms with Gasteiger partial charge in [-0.05, 0) is 103 Å². The van der Waals surface area contributed by atoms with E-state index in [0.29, 0.717) is 17.6 Å². The number of aliphatic hydroxyl groups is 3. The number of cyclic esters (lactones) is 1. The van der Waals surface area contributed by atoms with E-state index in [1.54, 1.807) is 39.8 Å². The van der Waals surface area contributed by atoms with Crippen molar-refractivity contribution in [2.75, 3.05) is 20.1 Å². The summed E-state index contributed by atoms with van der Waals surface area (Å²) in [5.41, 5.74) is 4.01. The largest absolute Gasteiger partial charge is 0.458 e. The number of fused-ring (bicyclic) bond motifs is 2. The summed E-state index contributed by atoms with van der Waals surface area (Å²) in [7, 11) is 1.28. The first-order valence-electron chi connectivity index (χ1n) is 24.1. The summed E-state index contributed by atoms with van der Waals surface area (Å²) in [4.78, 5) is 114. The summed E-state index contributed by atoms with van der Waals surface area (Å²) in [6.45, 7) is 17.4. The number of esters is 1. The van der Waals surface area contributed by atoms with Gasteiger partial charge in [-0.1, -0.05) is 46.8 Å². The molecule has 0 aliphatic carbocycles. The second-order valence-corrected chi connectivity index (χ2v) is 19.4. The van der Waals surface area contributed by atoms with Gasteiger partial charge < -0.3 is 40.3 Å². The van der Waals surface area contributed by atoms with Gasteiger partial charge in [0.2, 0.25) is 17.6 Å². The van der Waals surface area contributed by atoms with Crippen LogP contribution in [0.1, 0.15) is 121 Å². The van der Waals surface area contributed by atoms with Crippen LogP contribution in [-0.4, -0.2) is 174 Å². The number of hydrogen-bond acceptors (Lipinski definition) is 16. The van der Waals surface area contributed by atoms with Crippen LogP contribution in [0.25, 0.3) is 0 Å². The van der Waals surface area contributed by atoms with Gasteiger partial charge in [-0.2, -0.15) is 0 Å². The van der Waals surface area contributed by atoms with Crippen molar-refractivity contribution in [2.24, 2.45) is 17.8 Å². The zero-order valence-electron chi connectivity index (χ0n) is 42.1. The summed E-state index contributed by atoms with van der Waals surface area (Å²) >= 11 is 0. The van der Waals surface area contributed by atoms with Gasteiger partial charge in [0.05, 0.1) is 12.2 Å². The first-order valence-corrected chi connectivity index (χ1v) is 24.1. The molecule has 4 fully saturated rings. The minimum atomic E-state index is -2.80. The molecule has 13 atom stereocenters. The van der Waals surface area contributed by atoms with E-state index in [4.69, 9.17) is 9.47 Å². The molecule has 0 aromatic rings. The van der Waals surface area contributed by atoms with Gasteiger partial charge in [0.15, 0.2) is 17.4 Å². The SMILES string of the molecule is C/C=C(\C)C(=O)[C@@H](C)/C=C(\C)[C@H]1O[C@@](O)([C@@](O)(CC)C(=O)N[C@H]2C(=O)N3NCCCC3C(=O)N(O)[C@@H](C)C(=O)N(C)[C@H](C)C(=O)N3NCCCC3C(=O)NC([C@H](C)O)C(=O)O[C@@H]2C(C)C)CC[C@@H]1C. The molecule has 6 amide bonds. The Bertz CT molecular complexity index is 2010. The molecule has 0 spiro atoms. The number of nitrogens with one attached hydrogen (secondary N) is 4. The number of allylic oxidation sites excluding steroid dienone is 3. The van der Waals surface area contributed by atoms with Crippen LogP contribution in [0.4, 0.5) is 0 Å². The summed E-state index contributed by atoms with van der Waals surface area (Å²) in [6, 6.07) is -9.46. The number of carbonyl (C=O) groups excluding carboxylic acids is 8. The molecular formula is C47H76N8O14. The van der Waals surface area contributed by atoms with Crippen LogP contribution in [0, 0.1) is 17.8 Å². The molecule has 22 nitrogen and oxygen atoms in total. The molecule has 22 heteroatoms. The highest BCUT2D eigenvalue weighted by Crippen LogP contribution is 2.42. The predicted octanol–water partition coefficient (Wildman–Crippen LogP) is 0.125. The van der Waals surface area contributed by atoms with Crippen molar-refractivity contribution in [3.63, 3.8) is 0 Å². The lowest BCUT2D eigenvalue weighted by molar-refractivity contribution is -0.325. The van der Waals surface area contributed by atoms with Gasteiger partial charge in [0, 0.05) is 32.5 Å². The second kappa shape index (κ2) is 23.4. The smallest absolute Gasteiger partial charge is 0.331 e. The molecule has 8 N–H and O–H groups in total. The van der Waals surface area contributed by atoms with Crippen molar-refractivity contribution in [1.82, 2.24) is 41.5 Å². The fourth-order valence-electron chi connectivity index (χ4n) is 9.32. The Morgan fingerprint density at radius 2 is 1.48 bits per heavy atom. The van der Waals surface area contributed by atoms with Crippen LogP contribution >= 0.6 is 0 Å². The highest BCUT2D eigenvalue weighted by Gasteiger charge is 2.59. The number of carbonyl (C=O) groups is 8. The molecule has 4 aliphatic rings. The third kappa shape index (κ3) is 12.0. The molecule has 0 aromatic heterocycles. The monoisotopic (exact) mass is 977 g/mol. The Balaban J connectivity index is 1.85. The summed E-state index contributed by atoms with van der Waals surface area (Å²) in [6.07, 6.45) is -0.537. The average molecular weight is 977 g/mol. The van der Waals surface area contributed by atoms with Crippen molar-refractivity contribution in [1.29, 1.82) is 0 Å². The fraction of sp³-hybridized carbons (Fsp3) is 0.745. The standard InChI is InChI=1S/C47H76N8O14/c1-13-25(5)36(57)27(7)23-28(8)38-26(6)19-20-47(66,69-38)46(65,14-2)45(64)51-35-37(24(3)4)68-44(63)34(31(11)56)50-39(58)32-17-15-21-48-53(32)41(60)29(9)52(12)40(59)30(10)55(67)42(61)33-18-16-22-49-54(33)43(35)62/h13,23-24,26-27,29-35,37-38,48-49,56,65-67H,14-22H2,1-12H3,(H,50,58)(H,51,64)/b25-13+,28-23+/t26-,27-,29+,30-,31-,32?,33?,34?,35+,37+,38-,46+,47+/m0/s1. The third-order valence-corrected chi connectivity index (χ3v) is 14.1. The van der Waals surface area contributed by atoms with Crippen molar-refractivity contribution in [3.05, 3.63) is 23.3 Å². The van der Waals surface area contributed by atoms with Crippen LogP contribution < -0.4 is 21.5 Å². The molecule has 4 heterocycles. The minimum absolute atomic E-state index is 0.0668. The molecule has 69 heavy (non-hydrogen) atoms. The van der Waals surface area contributed by atoms with Crippen LogP contribution in [0.5, 0.6) is 0 Å². The van der Waals surface area contributed by atoms with Crippen LogP contribution in [0.2, 0.25) is 0 Å². The Morgan fingerprint density at radius 1 is 0.899 bits per heavy atom. The molecule has 0 radical (unpaired) electrons. The number of ether oxygens (including phenoxy) is 2. The quantitative estimate of drug-likeness (QED) is 0.0625. The molecular weight excluding hydrogens is 901 g/mol. The normalized spacial score (nSPS) is 33.0. The minimum Gasteiger partial charge on any atom is -0.458 e. The van der Waals surface area contributed by atoms with Crippen molar-refractivity contribution in [2.45, 2.75) is 187 Å². The number of nitrogens with zero attached hydrogens (tertiary/aromatic N) is 4. The van der Waals surface area contributed by atoms with E-state index in [0.717, 1.165) is 14.9 Å². The van der Waals surface area contributed by atoms with E-state index in [1.807, 2.05) is 6.92 Å². The van der Waals surface area contributed by atoms with E-state index in [1.165, 1.54) is 48.6 Å². The summed E-state index contributed by atoms with van der Waals surface area (Å²) in [5, 5.41) is 54.1. The number of hydrogen-bond donors (Lipinski definition) is 8. The van der Waals surface area contributed by atoms with Crippen LogP contribution in [0.3, 0.4) is 0 Å². The number of Topliss-reactive ketones (excluding diaryl/α,β-unsaturated/α-hetero) is 1. The number of rotatable bonds is 10. The summed E-state index contributed by atoms with van der Waals surface area (Å²) < 4.78 is 12.3. The van der Waals surface area contributed by atoms with Gasteiger partial charge in [-0.15, -0.1) is 0 Å². The highest BCUT2D eigenvalue weighted by atomic mass is 16.7. The predicted molar refractivity (Wildman–Crippen MR) is 247 cm³/mol. The molecule has 0 bridgehead atoms. The van der Waals surface area contributed by atoms with Gasteiger partial charge in [-0.3, -0.25) is 48.8 Å². The molecule has 4 aliphatic heterocycles. The molecule has 388 valence electrons. The van der Waals surface area contributed by atoms with Crippen LogP contribution in [-0.2, 0) is 47.8 Å². The lowest BCUT2D eigenvalue weighted by atomic mass is 9.78. The molecule has 0 saturated carbocycles. The molecule has 4 rings (SSSR count). The van der Waals surface area contributed by atoms with Gasteiger partial charge >= 0.3 is 5.97 Å².